The molecule has 0 unspecified atom stereocenters. The van der Waals surface area contributed by atoms with Crippen LogP contribution in [0.25, 0.3) is 0 Å². The first-order valence-corrected chi connectivity index (χ1v) is 8.43. The van der Waals surface area contributed by atoms with Crippen LogP contribution in [-0.2, 0) is 0 Å². The van der Waals surface area contributed by atoms with E-state index in [-0.39, 0.29) is 5.91 Å². The van der Waals surface area contributed by atoms with Gasteiger partial charge in [-0.3, -0.25) is 4.79 Å². The number of nitrogens with one attached hydrogen (secondary N) is 1. The summed E-state index contributed by atoms with van der Waals surface area (Å²) < 4.78 is 5.61. The second-order valence-corrected chi connectivity index (χ2v) is 6.66. The molecule has 2 rings (SSSR count). The number of amides is 1. The van der Waals surface area contributed by atoms with Crippen LogP contribution in [0.5, 0.6) is 5.75 Å². The monoisotopic (exact) mass is 379 g/mol. The maximum absolute atomic E-state index is 12.0. The molecule has 0 heterocycles. The van der Waals surface area contributed by atoms with Crippen LogP contribution in [0.3, 0.4) is 0 Å². The van der Waals surface area contributed by atoms with E-state index in [1.54, 1.807) is 36.4 Å². The molecule has 0 fully saturated rings. The number of carbonyl (C=O) groups is 1. The molecule has 0 bridgehead atoms. The summed E-state index contributed by atoms with van der Waals surface area (Å²) >= 11 is 12.4. The molecule has 1 amide bonds. The van der Waals surface area contributed by atoms with Gasteiger partial charge in [0.2, 0.25) is 0 Å². The molecule has 0 aliphatic heterocycles. The molecule has 132 valence electrons. The summed E-state index contributed by atoms with van der Waals surface area (Å²) in [6, 6.07) is 9.95. The van der Waals surface area contributed by atoms with Crippen molar-refractivity contribution in [2.45, 2.75) is 13.8 Å². The first-order chi connectivity index (χ1) is 11.9. The highest BCUT2D eigenvalue weighted by Crippen LogP contribution is 2.34. The molecule has 2 aromatic rings. The fraction of sp³-hybridized carbons (Fsp3) is 0.222. The smallest absolute Gasteiger partial charge is 0.271 e. The Hall–Kier alpha value is -2.24. The molecule has 5 nitrogen and oxygen atoms in total. The van der Waals surface area contributed by atoms with Crippen molar-refractivity contribution in [3.05, 3.63) is 57.6 Å². The van der Waals surface area contributed by atoms with E-state index in [0.717, 1.165) is 0 Å². The predicted molar refractivity (Wildman–Crippen MR) is 103 cm³/mol. The lowest BCUT2D eigenvalue weighted by atomic mass is 10.2. The van der Waals surface area contributed by atoms with E-state index < -0.39 is 0 Å². The van der Waals surface area contributed by atoms with Crippen LogP contribution >= 0.6 is 23.2 Å². The Morgan fingerprint density at radius 1 is 1.28 bits per heavy atom. The van der Waals surface area contributed by atoms with Crippen molar-refractivity contribution in [1.29, 1.82) is 0 Å². The Kier molecular flexibility index (Phi) is 6.67. The van der Waals surface area contributed by atoms with Gasteiger partial charge in [-0.15, -0.1) is 0 Å². The Bertz CT molecular complexity index is 769. The van der Waals surface area contributed by atoms with E-state index in [0.29, 0.717) is 45.1 Å². The van der Waals surface area contributed by atoms with Crippen molar-refractivity contribution in [3.8, 4) is 5.75 Å². The molecule has 3 N–H and O–H groups in total. The van der Waals surface area contributed by atoms with Gasteiger partial charge in [-0.1, -0.05) is 43.1 Å². The molecule has 0 saturated carbocycles. The molecule has 2 aromatic carbocycles. The van der Waals surface area contributed by atoms with Gasteiger partial charge in [-0.2, -0.15) is 5.10 Å². The normalized spacial score (nSPS) is 11.1. The molecule has 0 saturated heterocycles. The standard InChI is InChI=1S/C18H19Cl2N3O2/c1-11(2)10-25-17-15(19)6-12(7-16(17)20)9-22-23-18(24)13-4-3-5-14(21)8-13/h3-9,11H,10,21H2,1-2H3,(H,23,24)/b22-9-. The summed E-state index contributed by atoms with van der Waals surface area (Å²) in [6.07, 6.45) is 1.45. The van der Waals surface area contributed by atoms with Gasteiger partial charge in [0.05, 0.1) is 22.9 Å². The van der Waals surface area contributed by atoms with Crippen LogP contribution in [0.1, 0.15) is 29.8 Å². The fourth-order valence-electron chi connectivity index (χ4n) is 1.95. The van der Waals surface area contributed by atoms with Crippen LogP contribution in [0, 0.1) is 5.92 Å². The number of hydrogen-bond acceptors (Lipinski definition) is 4. The van der Waals surface area contributed by atoms with Crippen molar-refractivity contribution in [3.63, 3.8) is 0 Å². The van der Waals surface area contributed by atoms with Gasteiger partial charge in [0.25, 0.3) is 5.91 Å². The van der Waals surface area contributed by atoms with Gasteiger partial charge >= 0.3 is 0 Å². The van der Waals surface area contributed by atoms with Gasteiger partial charge < -0.3 is 10.5 Å². The molecule has 0 aliphatic rings. The largest absolute Gasteiger partial charge is 0.490 e. The van der Waals surface area contributed by atoms with Crippen molar-refractivity contribution in [2.24, 2.45) is 11.0 Å². The van der Waals surface area contributed by atoms with Crippen molar-refractivity contribution in [2.75, 3.05) is 12.3 Å². The molecular weight excluding hydrogens is 361 g/mol. The summed E-state index contributed by atoms with van der Waals surface area (Å²) in [7, 11) is 0. The van der Waals surface area contributed by atoms with Gasteiger partial charge in [0.1, 0.15) is 0 Å². The number of hydrogen-bond donors (Lipinski definition) is 2. The topological polar surface area (TPSA) is 76.7 Å². The number of nitrogens with two attached hydrogens (primary N) is 1. The fourth-order valence-corrected chi connectivity index (χ4v) is 2.56. The van der Waals surface area contributed by atoms with E-state index in [1.165, 1.54) is 6.21 Å². The minimum atomic E-state index is -0.363. The maximum Gasteiger partial charge on any atom is 0.271 e. The molecular formula is C18H19Cl2N3O2. The van der Waals surface area contributed by atoms with Gasteiger partial charge in [-0.05, 0) is 41.8 Å². The third-order valence-corrected chi connectivity index (χ3v) is 3.67. The molecule has 0 radical (unpaired) electrons. The second-order valence-electron chi connectivity index (χ2n) is 5.84. The molecule has 7 heteroatoms. The Morgan fingerprint density at radius 3 is 2.56 bits per heavy atom. The summed E-state index contributed by atoms with van der Waals surface area (Å²) in [6.45, 7) is 4.58. The molecule has 0 atom stereocenters. The number of hydrazone groups is 1. The number of halogens is 2. The maximum atomic E-state index is 12.0. The SMILES string of the molecule is CC(C)COc1c(Cl)cc(/C=N\NC(=O)c2cccc(N)c2)cc1Cl. The van der Waals surface area contributed by atoms with Crippen LogP contribution in [0.4, 0.5) is 5.69 Å². The van der Waals surface area contributed by atoms with E-state index in [2.05, 4.69) is 10.5 Å². The average molecular weight is 380 g/mol. The molecule has 0 aliphatic carbocycles. The summed E-state index contributed by atoms with van der Waals surface area (Å²) in [4.78, 5) is 12.0. The lowest BCUT2D eigenvalue weighted by Gasteiger charge is -2.12. The zero-order valence-corrected chi connectivity index (χ0v) is 15.4. The highest BCUT2D eigenvalue weighted by molar-refractivity contribution is 6.37. The molecule has 25 heavy (non-hydrogen) atoms. The first-order valence-electron chi connectivity index (χ1n) is 7.67. The van der Waals surface area contributed by atoms with Crippen molar-refractivity contribution >= 4 is 41.0 Å². The summed E-state index contributed by atoms with van der Waals surface area (Å²) in [5.41, 5.74) is 9.64. The lowest BCUT2D eigenvalue weighted by Crippen LogP contribution is -2.17. The van der Waals surface area contributed by atoms with E-state index in [1.807, 2.05) is 13.8 Å². The summed E-state index contributed by atoms with van der Waals surface area (Å²) in [5, 5.41) is 4.68. The first kappa shape index (κ1) is 19.1. The third kappa shape index (κ3) is 5.66. The Balaban J connectivity index is 2.04. The number of nitrogens with zero attached hydrogens (tertiary/aromatic N) is 1. The number of rotatable bonds is 6. The number of benzene rings is 2. The Morgan fingerprint density at radius 2 is 1.96 bits per heavy atom. The summed E-state index contributed by atoms with van der Waals surface area (Å²) in [5.74, 6) is 0.436. The number of nitrogen functional groups attached to an aromatic ring is 1. The molecule has 0 spiro atoms. The number of carbonyl (C=O) groups excluding carboxylic acids is 1. The van der Waals surface area contributed by atoms with Gasteiger partial charge in [-0.25, -0.2) is 5.43 Å². The van der Waals surface area contributed by atoms with Gasteiger partial charge in [0.15, 0.2) is 5.75 Å². The zero-order valence-electron chi connectivity index (χ0n) is 13.9. The van der Waals surface area contributed by atoms with E-state index in [4.69, 9.17) is 33.7 Å². The lowest BCUT2D eigenvalue weighted by molar-refractivity contribution is 0.0955. The quantitative estimate of drug-likeness (QED) is 0.444. The second kappa shape index (κ2) is 8.74. The third-order valence-electron chi connectivity index (χ3n) is 3.11. The zero-order chi connectivity index (χ0) is 18.4. The minimum Gasteiger partial charge on any atom is -0.490 e. The number of anilines is 1. The number of ether oxygens (including phenoxy) is 1. The van der Waals surface area contributed by atoms with Crippen molar-refractivity contribution in [1.82, 2.24) is 5.43 Å². The van der Waals surface area contributed by atoms with Crippen LogP contribution in [0.15, 0.2) is 41.5 Å². The van der Waals surface area contributed by atoms with E-state index >= 15 is 0 Å². The highest BCUT2D eigenvalue weighted by atomic mass is 35.5. The van der Waals surface area contributed by atoms with Crippen molar-refractivity contribution < 1.29 is 9.53 Å². The van der Waals surface area contributed by atoms with Crippen LogP contribution < -0.4 is 15.9 Å². The van der Waals surface area contributed by atoms with Crippen LogP contribution in [-0.4, -0.2) is 18.7 Å². The van der Waals surface area contributed by atoms with Crippen LogP contribution in [0.2, 0.25) is 10.0 Å². The van der Waals surface area contributed by atoms with Gasteiger partial charge in [0, 0.05) is 11.3 Å². The van der Waals surface area contributed by atoms with E-state index in [9.17, 15) is 4.79 Å². The predicted octanol–water partition coefficient (Wildman–Crippen LogP) is 4.37. The average Bonchev–Trinajstić information content (AvgIpc) is 2.53. The molecule has 0 aromatic heterocycles. The minimum absolute atomic E-state index is 0.357. The Labute approximate surface area is 156 Å². The highest BCUT2D eigenvalue weighted by Gasteiger charge is 2.10.